The molecule has 0 amide bonds. The number of halogens is 1. The molecule has 0 radical (unpaired) electrons. The van der Waals surface area contributed by atoms with E-state index in [2.05, 4.69) is 22.2 Å². The summed E-state index contributed by atoms with van der Waals surface area (Å²) in [6.45, 7) is 9.88. The summed E-state index contributed by atoms with van der Waals surface area (Å²) in [7, 11) is 3.64. The van der Waals surface area contributed by atoms with Gasteiger partial charge in [-0.3, -0.25) is 9.67 Å². The molecule has 0 bridgehead atoms. The van der Waals surface area contributed by atoms with Crippen molar-refractivity contribution in [3.8, 4) is 0 Å². The molecule has 0 saturated carbocycles. The highest BCUT2D eigenvalue weighted by molar-refractivity contribution is 14.0. The maximum absolute atomic E-state index is 5.90. The molecular weight excluding hydrogens is 421 g/mol. The number of guanidine groups is 1. The molecule has 1 fully saturated rings. The first-order valence-electron chi connectivity index (χ1n) is 8.13. The van der Waals surface area contributed by atoms with Gasteiger partial charge in [0.05, 0.1) is 31.5 Å². The summed E-state index contributed by atoms with van der Waals surface area (Å²) in [5.41, 5.74) is 0.834. The Bertz CT molecular complexity index is 532. The lowest BCUT2D eigenvalue weighted by Gasteiger charge is -2.35. The predicted molar refractivity (Wildman–Crippen MR) is 106 cm³/mol. The molecule has 7 nitrogen and oxygen atoms in total. The quantitative estimate of drug-likeness (QED) is 0.421. The Morgan fingerprint density at radius 3 is 2.88 bits per heavy atom. The lowest BCUT2D eigenvalue weighted by Crippen LogP contribution is -2.48. The molecule has 8 heteroatoms. The fourth-order valence-electron chi connectivity index (χ4n) is 2.41. The fraction of sp³-hybridized carbons (Fsp3) is 0.750. The van der Waals surface area contributed by atoms with Gasteiger partial charge in [-0.15, -0.1) is 24.0 Å². The van der Waals surface area contributed by atoms with Gasteiger partial charge in [-0.2, -0.15) is 5.10 Å². The van der Waals surface area contributed by atoms with Crippen molar-refractivity contribution in [1.82, 2.24) is 20.0 Å². The normalized spacial score (nSPS) is 19.1. The standard InChI is InChI=1S/C16H29N5O2.HI/c1-6-17-15(18-12-16(2,3)22-5)21-7-8-23-14(11-21)13-9-19-20(4)10-13;/h9-10,14H,6-8,11-12H2,1-5H3,(H,17,18);1H. The van der Waals surface area contributed by atoms with Gasteiger partial charge in [0.1, 0.15) is 6.10 Å². The molecule has 24 heavy (non-hydrogen) atoms. The minimum atomic E-state index is -0.268. The third kappa shape index (κ3) is 5.89. The zero-order valence-electron chi connectivity index (χ0n) is 15.3. The van der Waals surface area contributed by atoms with E-state index in [0.29, 0.717) is 13.2 Å². The number of morpholine rings is 1. The number of rotatable bonds is 5. The lowest BCUT2D eigenvalue weighted by atomic mass is 10.1. The van der Waals surface area contributed by atoms with Crippen molar-refractivity contribution in [3.63, 3.8) is 0 Å². The molecule has 1 N–H and O–H groups in total. The molecule has 1 aromatic rings. The van der Waals surface area contributed by atoms with E-state index >= 15 is 0 Å². The summed E-state index contributed by atoms with van der Waals surface area (Å²) in [6.07, 6.45) is 3.90. The van der Waals surface area contributed by atoms with Crippen LogP contribution in [0.5, 0.6) is 0 Å². The topological polar surface area (TPSA) is 63.9 Å². The van der Waals surface area contributed by atoms with E-state index in [1.54, 1.807) is 11.8 Å². The average Bonchev–Trinajstić information content (AvgIpc) is 2.98. The van der Waals surface area contributed by atoms with Crippen LogP contribution in [-0.2, 0) is 16.5 Å². The second kappa shape index (κ2) is 9.57. The van der Waals surface area contributed by atoms with Gasteiger partial charge in [0.2, 0.25) is 0 Å². The van der Waals surface area contributed by atoms with Crippen LogP contribution in [0.2, 0.25) is 0 Å². The minimum Gasteiger partial charge on any atom is -0.377 e. The van der Waals surface area contributed by atoms with E-state index in [1.165, 1.54) is 0 Å². The molecule has 138 valence electrons. The lowest BCUT2D eigenvalue weighted by molar-refractivity contribution is -0.00849. The molecular formula is C16H30IN5O2. The summed E-state index contributed by atoms with van der Waals surface area (Å²) in [5, 5.41) is 7.60. The Kier molecular flexibility index (Phi) is 8.44. The van der Waals surface area contributed by atoms with E-state index < -0.39 is 0 Å². The number of aliphatic imine (C=N–C) groups is 1. The molecule has 1 aromatic heterocycles. The molecule has 1 atom stereocenters. The molecule has 1 unspecified atom stereocenters. The van der Waals surface area contributed by atoms with Crippen LogP contribution in [0.1, 0.15) is 32.4 Å². The van der Waals surface area contributed by atoms with Crippen molar-refractivity contribution in [2.75, 3.05) is 39.9 Å². The van der Waals surface area contributed by atoms with Crippen LogP contribution in [0.25, 0.3) is 0 Å². The third-order valence-electron chi connectivity index (χ3n) is 3.96. The monoisotopic (exact) mass is 451 g/mol. The van der Waals surface area contributed by atoms with Crippen molar-refractivity contribution in [3.05, 3.63) is 18.0 Å². The zero-order valence-corrected chi connectivity index (χ0v) is 17.6. The van der Waals surface area contributed by atoms with Crippen molar-refractivity contribution >= 4 is 29.9 Å². The van der Waals surface area contributed by atoms with Gasteiger partial charge in [-0.25, -0.2) is 0 Å². The Labute approximate surface area is 161 Å². The molecule has 0 aromatic carbocycles. The Morgan fingerprint density at radius 1 is 1.54 bits per heavy atom. The van der Waals surface area contributed by atoms with E-state index in [-0.39, 0.29) is 35.7 Å². The van der Waals surface area contributed by atoms with Crippen LogP contribution in [0.15, 0.2) is 17.4 Å². The van der Waals surface area contributed by atoms with Gasteiger partial charge in [0.25, 0.3) is 0 Å². The maximum atomic E-state index is 5.90. The largest absolute Gasteiger partial charge is 0.377 e. The van der Waals surface area contributed by atoms with Crippen LogP contribution < -0.4 is 5.32 Å². The Morgan fingerprint density at radius 2 is 2.29 bits per heavy atom. The van der Waals surface area contributed by atoms with Crippen LogP contribution in [0, 0.1) is 0 Å². The van der Waals surface area contributed by atoms with Crippen LogP contribution in [-0.4, -0.2) is 66.1 Å². The molecule has 0 spiro atoms. The molecule has 1 saturated heterocycles. The Hall–Kier alpha value is -0.870. The third-order valence-corrected chi connectivity index (χ3v) is 3.96. The number of nitrogens with one attached hydrogen (secondary N) is 1. The summed E-state index contributed by atoms with van der Waals surface area (Å²) in [6, 6.07) is 0. The van der Waals surface area contributed by atoms with Crippen molar-refractivity contribution in [2.24, 2.45) is 12.0 Å². The second-order valence-corrected chi connectivity index (χ2v) is 6.39. The molecule has 2 heterocycles. The highest BCUT2D eigenvalue weighted by Crippen LogP contribution is 2.21. The van der Waals surface area contributed by atoms with Gasteiger partial charge in [-0.1, -0.05) is 0 Å². The van der Waals surface area contributed by atoms with Gasteiger partial charge in [0.15, 0.2) is 5.96 Å². The number of ether oxygens (including phenoxy) is 2. The summed E-state index contributed by atoms with van der Waals surface area (Å²) < 4.78 is 13.2. The van der Waals surface area contributed by atoms with E-state index in [0.717, 1.165) is 31.2 Å². The number of methoxy groups -OCH3 is 1. The molecule has 2 rings (SSSR count). The second-order valence-electron chi connectivity index (χ2n) is 6.39. The summed E-state index contributed by atoms with van der Waals surface area (Å²) in [5.74, 6) is 0.912. The highest BCUT2D eigenvalue weighted by Gasteiger charge is 2.26. The van der Waals surface area contributed by atoms with E-state index in [4.69, 9.17) is 14.5 Å². The average molecular weight is 451 g/mol. The van der Waals surface area contributed by atoms with Crippen LogP contribution in [0.4, 0.5) is 0 Å². The number of nitrogens with zero attached hydrogens (tertiary/aromatic N) is 4. The number of aromatic nitrogens is 2. The van der Waals surface area contributed by atoms with Crippen molar-refractivity contribution < 1.29 is 9.47 Å². The van der Waals surface area contributed by atoms with E-state index in [9.17, 15) is 0 Å². The van der Waals surface area contributed by atoms with Gasteiger partial charge in [0, 0.05) is 39.0 Å². The van der Waals surface area contributed by atoms with Crippen molar-refractivity contribution in [2.45, 2.75) is 32.5 Å². The fourth-order valence-corrected chi connectivity index (χ4v) is 2.41. The van der Waals surface area contributed by atoms with Crippen molar-refractivity contribution in [1.29, 1.82) is 0 Å². The smallest absolute Gasteiger partial charge is 0.194 e. The molecule has 1 aliphatic heterocycles. The van der Waals surface area contributed by atoms with E-state index in [1.807, 2.05) is 33.3 Å². The SMILES string of the molecule is CCNC(=NCC(C)(C)OC)N1CCOC(c2cnn(C)c2)C1.I. The highest BCUT2D eigenvalue weighted by atomic mass is 127. The molecule has 0 aliphatic carbocycles. The zero-order chi connectivity index (χ0) is 16.9. The summed E-state index contributed by atoms with van der Waals surface area (Å²) >= 11 is 0. The van der Waals surface area contributed by atoms with Crippen LogP contribution >= 0.6 is 24.0 Å². The number of aryl methyl sites for hydroxylation is 1. The summed E-state index contributed by atoms with van der Waals surface area (Å²) in [4.78, 5) is 6.99. The maximum Gasteiger partial charge on any atom is 0.194 e. The number of hydrogen-bond donors (Lipinski definition) is 1. The first-order chi connectivity index (χ1) is 10.9. The number of hydrogen-bond acceptors (Lipinski definition) is 4. The van der Waals surface area contributed by atoms with Gasteiger partial charge in [-0.05, 0) is 20.8 Å². The minimum absolute atomic E-state index is 0. The predicted octanol–water partition coefficient (Wildman–Crippen LogP) is 1.80. The van der Waals surface area contributed by atoms with Gasteiger partial charge >= 0.3 is 0 Å². The van der Waals surface area contributed by atoms with Gasteiger partial charge < -0.3 is 19.7 Å². The first kappa shape index (κ1) is 21.2. The first-order valence-corrected chi connectivity index (χ1v) is 8.13. The van der Waals surface area contributed by atoms with Crippen LogP contribution in [0.3, 0.4) is 0 Å². The Balaban J connectivity index is 0.00000288. The molecule has 1 aliphatic rings.